The van der Waals surface area contributed by atoms with Gasteiger partial charge in [0.1, 0.15) is 6.61 Å². The summed E-state index contributed by atoms with van der Waals surface area (Å²) in [6, 6.07) is 0. The van der Waals surface area contributed by atoms with E-state index >= 15 is 0 Å². The minimum atomic E-state index is -0.544. The number of hydrogen-bond acceptors (Lipinski definition) is 5. The molecule has 1 rings (SSSR count). The first-order chi connectivity index (χ1) is 8.72. The van der Waals surface area contributed by atoms with E-state index in [1.165, 1.54) is 0 Å². The summed E-state index contributed by atoms with van der Waals surface area (Å²) in [6.45, 7) is 3.35. The summed E-state index contributed by atoms with van der Waals surface area (Å²) in [5.74, 6) is -1.06. The lowest BCUT2D eigenvalue weighted by Gasteiger charge is -2.08. The third-order valence-corrected chi connectivity index (χ3v) is 2.53. The smallest absolute Gasteiger partial charge is 0.331 e. The molecule has 0 aliphatic carbocycles. The summed E-state index contributed by atoms with van der Waals surface area (Å²) in [4.78, 5) is 22.4. The van der Waals surface area contributed by atoms with Gasteiger partial charge < -0.3 is 14.2 Å². The average molecular weight is 256 g/mol. The zero-order chi connectivity index (χ0) is 13.2. The van der Waals surface area contributed by atoms with Crippen LogP contribution in [0.3, 0.4) is 0 Å². The van der Waals surface area contributed by atoms with Gasteiger partial charge in [-0.25, -0.2) is 9.59 Å². The zero-order valence-electron chi connectivity index (χ0n) is 10.7. The van der Waals surface area contributed by atoms with Crippen molar-refractivity contribution in [2.24, 2.45) is 0 Å². The number of esters is 2. The molecule has 1 saturated heterocycles. The van der Waals surface area contributed by atoms with E-state index in [0.29, 0.717) is 6.61 Å². The van der Waals surface area contributed by atoms with Crippen molar-refractivity contribution >= 4 is 11.9 Å². The highest BCUT2D eigenvalue weighted by Gasteiger charge is 2.16. The highest BCUT2D eigenvalue weighted by Crippen LogP contribution is 2.11. The van der Waals surface area contributed by atoms with Crippen molar-refractivity contribution in [2.75, 3.05) is 19.8 Å². The van der Waals surface area contributed by atoms with Gasteiger partial charge in [0, 0.05) is 18.8 Å². The number of rotatable bonds is 7. The number of ether oxygens (including phenoxy) is 3. The van der Waals surface area contributed by atoms with Crippen LogP contribution in [0.1, 0.15) is 32.6 Å². The number of carbonyl (C=O) groups is 2. The Morgan fingerprint density at radius 2 is 2.00 bits per heavy atom. The fourth-order valence-corrected chi connectivity index (χ4v) is 1.50. The molecular weight excluding hydrogens is 236 g/mol. The molecule has 0 aromatic carbocycles. The third kappa shape index (κ3) is 6.39. The summed E-state index contributed by atoms with van der Waals surface area (Å²) in [6.07, 6.45) is 5.87. The first-order valence-electron chi connectivity index (χ1n) is 6.35. The first kappa shape index (κ1) is 14.7. The molecule has 1 fully saturated rings. The van der Waals surface area contributed by atoms with Crippen LogP contribution in [0.25, 0.3) is 0 Å². The van der Waals surface area contributed by atoms with E-state index in [2.05, 4.69) is 0 Å². The van der Waals surface area contributed by atoms with E-state index < -0.39 is 11.9 Å². The second-order valence-corrected chi connectivity index (χ2v) is 4.12. The molecule has 0 radical (unpaired) electrons. The molecule has 1 unspecified atom stereocenters. The van der Waals surface area contributed by atoms with Gasteiger partial charge in [-0.3, -0.25) is 0 Å². The van der Waals surface area contributed by atoms with Crippen LogP contribution in [0, 0.1) is 0 Å². The van der Waals surface area contributed by atoms with Gasteiger partial charge in [-0.2, -0.15) is 0 Å². The monoisotopic (exact) mass is 256 g/mol. The maximum absolute atomic E-state index is 11.3. The van der Waals surface area contributed by atoms with E-state index in [1.807, 2.05) is 6.92 Å². The molecule has 5 nitrogen and oxygen atoms in total. The van der Waals surface area contributed by atoms with Crippen molar-refractivity contribution < 1.29 is 23.8 Å². The molecule has 1 heterocycles. The molecule has 1 aliphatic rings. The van der Waals surface area contributed by atoms with Crippen molar-refractivity contribution in [3.05, 3.63) is 12.2 Å². The molecule has 0 aromatic heterocycles. The van der Waals surface area contributed by atoms with E-state index in [-0.39, 0.29) is 12.7 Å². The Balaban J connectivity index is 2.11. The normalized spacial score (nSPS) is 19.1. The van der Waals surface area contributed by atoms with Crippen LogP contribution in [0.15, 0.2) is 12.2 Å². The van der Waals surface area contributed by atoms with Crippen LogP contribution in [-0.2, 0) is 23.8 Å². The Hall–Kier alpha value is -1.36. The number of hydrogen-bond donors (Lipinski definition) is 0. The van der Waals surface area contributed by atoms with Crippen molar-refractivity contribution in [3.63, 3.8) is 0 Å². The highest BCUT2D eigenvalue weighted by molar-refractivity contribution is 5.91. The Morgan fingerprint density at radius 1 is 1.28 bits per heavy atom. The molecule has 0 aromatic rings. The Morgan fingerprint density at radius 3 is 2.61 bits per heavy atom. The fourth-order valence-electron chi connectivity index (χ4n) is 1.50. The molecule has 5 heteroatoms. The minimum Gasteiger partial charge on any atom is -0.463 e. The lowest BCUT2D eigenvalue weighted by molar-refractivity contribution is -0.142. The quantitative estimate of drug-likeness (QED) is 0.393. The molecule has 0 saturated carbocycles. The Bertz CT molecular complexity index is 292. The molecule has 0 bridgehead atoms. The molecule has 1 aliphatic heterocycles. The zero-order valence-corrected chi connectivity index (χ0v) is 10.7. The maximum atomic E-state index is 11.3. The second kappa shape index (κ2) is 8.69. The van der Waals surface area contributed by atoms with Crippen LogP contribution in [-0.4, -0.2) is 37.9 Å². The van der Waals surface area contributed by atoms with E-state index in [4.69, 9.17) is 14.2 Å². The van der Waals surface area contributed by atoms with Crippen LogP contribution >= 0.6 is 0 Å². The van der Waals surface area contributed by atoms with Gasteiger partial charge in [0.15, 0.2) is 0 Å². The summed E-state index contributed by atoms with van der Waals surface area (Å²) < 4.78 is 15.1. The van der Waals surface area contributed by atoms with Crippen molar-refractivity contribution in [1.82, 2.24) is 0 Å². The van der Waals surface area contributed by atoms with E-state index in [9.17, 15) is 9.59 Å². The topological polar surface area (TPSA) is 61.8 Å². The van der Waals surface area contributed by atoms with Gasteiger partial charge in [0.25, 0.3) is 0 Å². The number of carbonyl (C=O) groups excluding carboxylic acids is 2. The molecule has 102 valence electrons. The summed E-state index contributed by atoms with van der Waals surface area (Å²) in [7, 11) is 0. The third-order valence-electron chi connectivity index (χ3n) is 2.53. The van der Waals surface area contributed by atoms with Crippen LogP contribution in [0.4, 0.5) is 0 Å². The van der Waals surface area contributed by atoms with Gasteiger partial charge in [0.2, 0.25) is 0 Å². The minimum absolute atomic E-state index is 0.00106. The largest absolute Gasteiger partial charge is 0.463 e. The molecule has 0 amide bonds. The van der Waals surface area contributed by atoms with Crippen molar-refractivity contribution in [3.8, 4) is 0 Å². The molecule has 0 N–H and O–H groups in total. The lowest BCUT2D eigenvalue weighted by Crippen LogP contribution is -2.16. The lowest BCUT2D eigenvalue weighted by atomic mass is 10.2. The van der Waals surface area contributed by atoms with Gasteiger partial charge >= 0.3 is 11.9 Å². The Kier molecular flexibility index (Phi) is 7.10. The van der Waals surface area contributed by atoms with Crippen molar-refractivity contribution in [2.45, 2.75) is 38.7 Å². The van der Waals surface area contributed by atoms with Crippen molar-refractivity contribution in [1.29, 1.82) is 0 Å². The van der Waals surface area contributed by atoms with Gasteiger partial charge in [-0.05, 0) is 19.3 Å². The highest BCUT2D eigenvalue weighted by atomic mass is 16.6. The molecule has 18 heavy (non-hydrogen) atoms. The SMILES string of the molecule is CCCCOC(=O)/C=C/C(=O)OCC1CCCO1. The molecular formula is C13H20O5. The second-order valence-electron chi connectivity index (χ2n) is 4.12. The van der Waals surface area contributed by atoms with Gasteiger partial charge in [0.05, 0.1) is 12.7 Å². The molecule has 1 atom stereocenters. The van der Waals surface area contributed by atoms with Gasteiger partial charge in [-0.15, -0.1) is 0 Å². The number of unbranched alkanes of at least 4 members (excludes halogenated alkanes) is 1. The van der Waals surface area contributed by atoms with Crippen LogP contribution in [0.5, 0.6) is 0 Å². The average Bonchev–Trinajstić information content (AvgIpc) is 2.87. The van der Waals surface area contributed by atoms with Crippen LogP contribution in [0.2, 0.25) is 0 Å². The van der Waals surface area contributed by atoms with E-state index in [1.54, 1.807) is 0 Å². The summed E-state index contributed by atoms with van der Waals surface area (Å²) >= 11 is 0. The first-order valence-corrected chi connectivity index (χ1v) is 6.35. The fraction of sp³-hybridized carbons (Fsp3) is 0.692. The van der Waals surface area contributed by atoms with E-state index in [0.717, 1.165) is 44.4 Å². The van der Waals surface area contributed by atoms with Crippen LogP contribution < -0.4 is 0 Å². The summed E-state index contributed by atoms with van der Waals surface area (Å²) in [5.41, 5.74) is 0. The summed E-state index contributed by atoms with van der Waals surface area (Å²) in [5, 5.41) is 0. The Labute approximate surface area is 107 Å². The predicted molar refractivity (Wildman–Crippen MR) is 64.9 cm³/mol. The molecule has 0 spiro atoms. The standard InChI is InChI=1S/C13H20O5/c1-2-3-8-17-12(14)6-7-13(15)18-10-11-5-4-9-16-11/h6-7,11H,2-5,8-10H2,1H3/b7-6+. The van der Waals surface area contributed by atoms with Gasteiger partial charge in [-0.1, -0.05) is 13.3 Å². The predicted octanol–water partition coefficient (Wildman–Crippen LogP) is 1.61. The maximum Gasteiger partial charge on any atom is 0.331 e.